The molecule has 1 heterocycles. The monoisotopic (exact) mass is 407 g/mol. The quantitative estimate of drug-likeness (QED) is 0.439. The van der Waals surface area contributed by atoms with E-state index in [9.17, 15) is 18.5 Å². The Hall–Kier alpha value is -1.49. The lowest BCUT2D eigenvalue weighted by Gasteiger charge is -2.05. The molecule has 7 nitrogen and oxygen atoms in total. The molecule has 0 aliphatic carbocycles. The molecular formula is C11H10IN3O4S. The molecule has 1 aromatic carbocycles. The molecule has 0 radical (unpaired) electrons. The van der Waals surface area contributed by atoms with Crippen LogP contribution in [0, 0.1) is 13.7 Å². The van der Waals surface area contributed by atoms with Gasteiger partial charge >= 0.3 is 0 Å². The maximum absolute atomic E-state index is 12.3. The maximum atomic E-state index is 12.3. The van der Waals surface area contributed by atoms with Gasteiger partial charge in [0, 0.05) is 28.9 Å². The summed E-state index contributed by atoms with van der Waals surface area (Å²) in [5.41, 5.74) is 0.299. The molecule has 0 bridgehead atoms. The lowest BCUT2D eigenvalue weighted by Crippen LogP contribution is -2.08. The van der Waals surface area contributed by atoms with E-state index in [0.717, 1.165) is 0 Å². The summed E-state index contributed by atoms with van der Waals surface area (Å²) in [6.07, 6.45) is 1.66. The third-order valence-electron chi connectivity index (χ3n) is 2.57. The number of nitro benzene ring substituents is 1. The van der Waals surface area contributed by atoms with Crippen LogP contribution in [0.25, 0.3) is 0 Å². The molecule has 0 atom stereocenters. The summed E-state index contributed by atoms with van der Waals surface area (Å²) in [7, 11) is -1.88. The molecule has 20 heavy (non-hydrogen) atoms. The highest BCUT2D eigenvalue weighted by molar-refractivity contribution is 14.1. The Bertz CT molecular complexity index is 770. The van der Waals surface area contributed by atoms with E-state index >= 15 is 0 Å². The van der Waals surface area contributed by atoms with Crippen molar-refractivity contribution in [3.8, 4) is 0 Å². The smallest absolute Gasteiger partial charge is 0.270 e. The van der Waals surface area contributed by atoms with Gasteiger partial charge in [-0.2, -0.15) is 5.10 Å². The molecule has 0 saturated heterocycles. The molecule has 0 aliphatic heterocycles. The Balaban J connectivity index is 2.37. The summed E-state index contributed by atoms with van der Waals surface area (Å²) in [6, 6.07) is 5.31. The van der Waals surface area contributed by atoms with Crippen LogP contribution in [0.3, 0.4) is 0 Å². The van der Waals surface area contributed by atoms with Gasteiger partial charge < -0.3 is 0 Å². The number of hydrogen-bond donors (Lipinski definition) is 0. The maximum Gasteiger partial charge on any atom is 0.270 e. The van der Waals surface area contributed by atoms with Crippen molar-refractivity contribution in [1.82, 2.24) is 9.78 Å². The summed E-state index contributed by atoms with van der Waals surface area (Å²) in [5, 5.41) is 14.7. The number of aromatic nitrogens is 2. The van der Waals surface area contributed by atoms with Crippen molar-refractivity contribution in [2.45, 2.75) is 10.6 Å². The van der Waals surface area contributed by atoms with E-state index in [0.29, 0.717) is 9.26 Å². The van der Waals surface area contributed by atoms with Gasteiger partial charge in [-0.15, -0.1) is 0 Å². The predicted molar refractivity (Wildman–Crippen MR) is 79.9 cm³/mol. The summed E-state index contributed by atoms with van der Waals surface area (Å²) in [6.45, 7) is 0. The third-order valence-corrected chi connectivity index (χ3v) is 5.53. The number of hydrogen-bond acceptors (Lipinski definition) is 5. The van der Waals surface area contributed by atoms with Crippen molar-refractivity contribution in [1.29, 1.82) is 0 Å². The van der Waals surface area contributed by atoms with Crippen LogP contribution in [0.5, 0.6) is 0 Å². The summed E-state index contributed by atoms with van der Waals surface area (Å²) in [5.74, 6) is -0.234. The van der Waals surface area contributed by atoms with Crippen molar-refractivity contribution >= 4 is 38.1 Å². The van der Waals surface area contributed by atoms with Crippen molar-refractivity contribution in [2.75, 3.05) is 0 Å². The van der Waals surface area contributed by atoms with Crippen LogP contribution < -0.4 is 0 Å². The Morgan fingerprint density at radius 2 is 2.10 bits per heavy atom. The van der Waals surface area contributed by atoms with Crippen molar-refractivity contribution < 1.29 is 13.3 Å². The van der Waals surface area contributed by atoms with Crippen LogP contribution in [0.2, 0.25) is 0 Å². The Kier molecular flexibility index (Phi) is 4.09. The van der Waals surface area contributed by atoms with E-state index in [1.54, 1.807) is 41.9 Å². The molecule has 1 aromatic heterocycles. The molecule has 9 heteroatoms. The van der Waals surface area contributed by atoms with Gasteiger partial charge in [-0.05, 0) is 34.7 Å². The normalized spacial score (nSPS) is 11.5. The van der Waals surface area contributed by atoms with Crippen molar-refractivity contribution in [3.05, 3.63) is 49.8 Å². The zero-order chi connectivity index (χ0) is 14.9. The highest BCUT2D eigenvalue weighted by atomic mass is 127. The lowest BCUT2D eigenvalue weighted by molar-refractivity contribution is -0.385. The highest BCUT2D eigenvalue weighted by Crippen LogP contribution is 2.25. The molecule has 0 N–H and O–H groups in total. The van der Waals surface area contributed by atoms with Crippen LogP contribution in [0.4, 0.5) is 5.69 Å². The van der Waals surface area contributed by atoms with E-state index in [-0.39, 0.29) is 16.3 Å². The van der Waals surface area contributed by atoms with Gasteiger partial charge in [0.05, 0.1) is 21.3 Å². The number of benzene rings is 1. The number of non-ortho nitro benzene ring substituents is 1. The van der Waals surface area contributed by atoms with Crippen molar-refractivity contribution in [3.63, 3.8) is 0 Å². The van der Waals surface area contributed by atoms with Gasteiger partial charge in [0.1, 0.15) is 0 Å². The first-order chi connectivity index (χ1) is 9.29. The zero-order valence-electron chi connectivity index (χ0n) is 10.4. The standard InChI is InChI=1S/C11H10IN3O4S/c1-14-5-4-8(13-14)7-20(18,19)11-3-2-9(15(16)17)6-10(11)12/h2-6H,7H2,1H3. The highest BCUT2D eigenvalue weighted by Gasteiger charge is 2.21. The van der Waals surface area contributed by atoms with E-state index < -0.39 is 14.8 Å². The number of halogens is 1. The Morgan fingerprint density at radius 3 is 2.60 bits per heavy atom. The number of sulfone groups is 1. The minimum atomic E-state index is -3.58. The molecule has 0 saturated carbocycles. The summed E-state index contributed by atoms with van der Waals surface area (Å²) in [4.78, 5) is 10.2. The second-order valence-electron chi connectivity index (χ2n) is 4.11. The molecule has 0 unspecified atom stereocenters. The van der Waals surface area contributed by atoms with Crippen molar-refractivity contribution in [2.24, 2.45) is 7.05 Å². The van der Waals surface area contributed by atoms with E-state index in [4.69, 9.17) is 0 Å². The first-order valence-electron chi connectivity index (χ1n) is 5.45. The topological polar surface area (TPSA) is 95.1 Å². The Labute approximate surface area is 128 Å². The summed E-state index contributed by atoms with van der Waals surface area (Å²) >= 11 is 1.78. The van der Waals surface area contributed by atoms with E-state index in [2.05, 4.69) is 5.10 Å². The SMILES string of the molecule is Cn1ccc(CS(=O)(=O)c2ccc([N+](=O)[O-])cc2I)n1. The minimum Gasteiger partial charge on any atom is -0.276 e. The molecular weight excluding hydrogens is 397 g/mol. The second-order valence-corrected chi connectivity index (χ2v) is 7.23. The van der Waals surface area contributed by atoms with Crippen LogP contribution in [0.15, 0.2) is 35.4 Å². The van der Waals surface area contributed by atoms with Crippen LogP contribution in [0.1, 0.15) is 5.69 Å². The molecule has 0 aliphatic rings. The van der Waals surface area contributed by atoms with Gasteiger partial charge in [0.2, 0.25) is 0 Å². The third kappa shape index (κ3) is 3.15. The van der Waals surface area contributed by atoms with E-state index in [1.165, 1.54) is 22.9 Å². The van der Waals surface area contributed by atoms with Gasteiger partial charge in [-0.25, -0.2) is 8.42 Å². The molecule has 0 fully saturated rings. The fourth-order valence-electron chi connectivity index (χ4n) is 1.67. The zero-order valence-corrected chi connectivity index (χ0v) is 13.3. The fraction of sp³-hybridized carbons (Fsp3) is 0.182. The number of aryl methyl sites for hydroxylation is 1. The lowest BCUT2D eigenvalue weighted by atomic mass is 10.3. The van der Waals surface area contributed by atoms with E-state index in [1.807, 2.05) is 0 Å². The molecule has 0 spiro atoms. The first-order valence-corrected chi connectivity index (χ1v) is 8.18. The number of nitro groups is 1. The van der Waals surface area contributed by atoms with Crippen LogP contribution >= 0.6 is 22.6 Å². The molecule has 106 valence electrons. The predicted octanol–water partition coefficient (Wildman–Crippen LogP) is 1.91. The second kappa shape index (κ2) is 5.48. The number of rotatable bonds is 4. The molecule has 2 aromatic rings. The summed E-state index contributed by atoms with van der Waals surface area (Å²) < 4.78 is 26.4. The van der Waals surface area contributed by atoms with Gasteiger partial charge in [0.15, 0.2) is 9.84 Å². The fourth-order valence-corrected chi connectivity index (χ4v) is 4.50. The number of nitrogens with zero attached hydrogens (tertiary/aromatic N) is 3. The minimum absolute atomic E-state index is 0.0781. The van der Waals surface area contributed by atoms with Crippen LogP contribution in [-0.4, -0.2) is 23.1 Å². The molecule has 0 amide bonds. The van der Waals surface area contributed by atoms with Gasteiger partial charge in [0.25, 0.3) is 5.69 Å². The van der Waals surface area contributed by atoms with Gasteiger partial charge in [-0.1, -0.05) is 0 Å². The Morgan fingerprint density at radius 1 is 1.40 bits per heavy atom. The first kappa shape index (κ1) is 14.9. The largest absolute Gasteiger partial charge is 0.276 e. The molecule has 2 rings (SSSR count). The van der Waals surface area contributed by atoms with Crippen LogP contribution in [-0.2, 0) is 22.6 Å². The van der Waals surface area contributed by atoms with Gasteiger partial charge in [-0.3, -0.25) is 14.8 Å². The average molecular weight is 407 g/mol. The average Bonchev–Trinajstić information content (AvgIpc) is 2.73.